The smallest absolute Gasteiger partial charge is 0.310 e. The molecule has 0 aliphatic carbocycles. The zero-order valence-corrected chi connectivity index (χ0v) is 20.7. The molecule has 0 radical (unpaired) electrons. The highest BCUT2D eigenvalue weighted by molar-refractivity contribution is 8.45. The van der Waals surface area contributed by atoms with Crippen LogP contribution in [0.2, 0.25) is 0 Å². The number of benzene rings is 2. The van der Waals surface area contributed by atoms with Crippen molar-refractivity contribution < 1.29 is 33.1 Å². The van der Waals surface area contributed by atoms with E-state index >= 15 is 0 Å². The molecular weight excluding hydrogens is 539 g/mol. The molecule has 2 aromatic carbocycles. The van der Waals surface area contributed by atoms with Crippen molar-refractivity contribution in [3.05, 3.63) is 89.9 Å². The van der Waals surface area contributed by atoms with Crippen molar-refractivity contribution in [2.75, 3.05) is 5.75 Å². The summed E-state index contributed by atoms with van der Waals surface area (Å²) in [5.74, 6) is 1.59. The summed E-state index contributed by atoms with van der Waals surface area (Å²) in [7, 11) is -9.70. The number of hydrogen-bond donors (Lipinski definition) is 0. The maximum atomic E-state index is 12.8. The monoisotopic (exact) mass is 560 g/mol. The molecule has 1 atom stereocenters. The van der Waals surface area contributed by atoms with Gasteiger partial charge in [-0.2, -0.15) is 0 Å². The fraction of sp³-hybridized carbons (Fsp3) is 0.174. The van der Waals surface area contributed by atoms with Crippen molar-refractivity contribution >= 4 is 33.6 Å². The van der Waals surface area contributed by atoms with Crippen LogP contribution >= 0.6 is 10.2 Å². The summed E-state index contributed by atoms with van der Waals surface area (Å²) in [6, 6.07) is 9.71. The fourth-order valence-corrected chi connectivity index (χ4v) is 4.86. The molecule has 2 aromatic heterocycles. The quantitative estimate of drug-likeness (QED) is 0.151. The Labute approximate surface area is 211 Å². The third-order valence-electron chi connectivity index (χ3n) is 4.97. The Morgan fingerprint density at radius 3 is 2.38 bits per heavy atom. The fourth-order valence-electron chi connectivity index (χ4n) is 3.11. The summed E-state index contributed by atoms with van der Waals surface area (Å²) in [5, 5.41) is 7.54. The molecule has 7 nitrogen and oxygen atoms in total. The minimum Gasteiger partial charge on any atom is -0.616 e. The molecule has 1 unspecified atom stereocenters. The number of rotatable bonds is 11. The average molecular weight is 561 g/mol. The van der Waals surface area contributed by atoms with Crippen LogP contribution in [0.1, 0.15) is 22.7 Å². The van der Waals surface area contributed by atoms with Gasteiger partial charge in [-0.05, 0) is 47.1 Å². The first-order valence-electron chi connectivity index (χ1n) is 10.7. The van der Waals surface area contributed by atoms with Gasteiger partial charge in [0.15, 0.2) is 0 Å². The molecule has 0 saturated heterocycles. The van der Waals surface area contributed by atoms with Gasteiger partial charge in [0, 0.05) is 17.8 Å². The van der Waals surface area contributed by atoms with E-state index in [1.807, 2.05) is 12.1 Å². The molecule has 0 N–H and O–H groups in total. The van der Waals surface area contributed by atoms with E-state index in [9.17, 15) is 24.0 Å². The van der Waals surface area contributed by atoms with Crippen molar-refractivity contribution in [3.63, 3.8) is 0 Å². The molecule has 4 rings (SSSR count). The second-order valence-electron chi connectivity index (χ2n) is 7.94. The SMILES string of the molecule is [O-][S+](CCn1ccnn1)Cc1ccc(OCc2coc(C=Cc3ccc(S(F)(F)(F)(F)F)cc3)n2)cc1. The first-order chi connectivity index (χ1) is 17.3. The first kappa shape index (κ1) is 26.7. The minimum absolute atomic E-state index is 0.0964. The van der Waals surface area contributed by atoms with E-state index in [0.29, 0.717) is 41.6 Å². The zero-order valence-electron chi connectivity index (χ0n) is 19.1. The third kappa shape index (κ3) is 8.06. The Morgan fingerprint density at radius 1 is 1.00 bits per heavy atom. The largest absolute Gasteiger partial charge is 0.616 e. The summed E-state index contributed by atoms with van der Waals surface area (Å²) in [6.45, 7) is 0.617. The van der Waals surface area contributed by atoms with E-state index in [2.05, 4.69) is 15.3 Å². The van der Waals surface area contributed by atoms with Gasteiger partial charge in [-0.25, -0.2) is 9.67 Å². The van der Waals surface area contributed by atoms with Gasteiger partial charge < -0.3 is 13.7 Å². The highest BCUT2D eigenvalue weighted by Gasteiger charge is 2.65. The number of aromatic nitrogens is 4. The summed E-state index contributed by atoms with van der Waals surface area (Å²) >= 11 is -1.06. The number of halogens is 5. The molecule has 0 amide bonds. The number of oxazole rings is 1. The molecule has 37 heavy (non-hydrogen) atoms. The standard InChI is InChI=1S/C23H21F5N4O3S2/c24-37(25,26,27,28)22-8-3-18(4-9-22)5-10-23-30-20(16-35-23)15-34-21-6-1-19(2-7-21)17-36(33)14-13-32-12-11-29-31-32/h1-12,16H,13-15,17H2. The average Bonchev–Trinajstić information content (AvgIpc) is 3.52. The molecule has 4 aromatic rings. The highest BCUT2D eigenvalue weighted by Crippen LogP contribution is 3.02. The zero-order chi connectivity index (χ0) is 26.6. The lowest BCUT2D eigenvalue weighted by Crippen LogP contribution is -2.15. The molecular formula is C23H21F5N4O3S2. The second-order valence-corrected chi connectivity index (χ2v) is 11.9. The topological polar surface area (TPSA) is 89.0 Å². The van der Waals surface area contributed by atoms with Crippen molar-refractivity contribution in [3.8, 4) is 5.75 Å². The maximum absolute atomic E-state index is 12.8. The van der Waals surface area contributed by atoms with Crippen LogP contribution in [0, 0.1) is 0 Å². The van der Waals surface area contributed by atoms with E-state index < -0.39 is 26.3 Å². The Balaban J connectivity index is 1.25. The number of hydrogen-bond acceptors (Lipinski definition) is 6. The lowest BCUT2D eigenvalue weighted by atomic mass is 10.2. The van der Waals surface area contributed by atoms with Crippen LogP contribution in [0.3, 0.4) is 0 Å². The Hall–Kier alpha value is -3.36. The summed E-state index contributed by atoms with van der Waals surface area (Å²) in [6.07, 6.45) is 7.43. The number of aryl methyl sites for hydroxylation is 1. The Morgan fingerprint density at radius 2 is 1.73 bits per heavy atom. The molecule has 14 heteroatoms. The van der Waals surface area contributed by atoms with Crippen molar-refractivity contribution in [2.24, 2.45) is 0 Å². The van der Waals surface area contributed by atoms with Crippen LogP contribution in [0.25, 0.3) is 12.2 Å². The lowest BCUT2D eigenvalue weighted by molar-refractivity contribution is 0.301. The second kappa shape index (κ2) is 9.84. The normalized spacial score (nSPS) is 14.9. The third-order valence-corrected chi connectivity index (χ3v) is 7.43. The van der Waals surface area contributed by atoms with Crippen LogP contribution in [0.15, 0.2) is 76.5 Å². The van der Waals surface area contributed by atoms with E-state index in [1.54, 1.807) is 29.2 Å². The number of nitrogens with zero attached hydrogens (tertiary/aromatic N) is 4. The van der Waals surface area contributed by atoms with E-state index in [4.69, 9.17) is 9.15 Å². The van der Waals surface area contributed by atoms with Gasteiger partial charge >= 0.3 is 10.2 Å². The van der Waals surface area contributed by atoms with Crippen LogP contribution in [0.4, 0.5) is 19.4 Å². The van der Waals surface area contributed by atoms with Gasteiger partial charge in [0.25, 0.3) is 0 Å². The van der Waals surface area contributed by atoms with Gasteiger partial charge in [0.2, 0.25) is 5.89 Å². The van der Waals surface area contributed by atoms with Crippen LogP contribution in [-0.2, 0) is 30.1 Å². The highest BCUT2D eigenvalue weighted by atomic mass is 32.5. The summed E-state index contributed by atoms with van der Waals surface area (Å²) in [4.78, 5) is 2.25. The van der Waals surface area contributed by atoms with E-state index in [-0.39, 0.29) is 18.1 Å². The first-order valence-corrected chi connectivity index (χ1v) is 14.2. The molecule has 0 aliphatic rings. The van der Waals surface area contributed by atoms with Gasteiger partial charge in [0.1, 0.15) is 40.7 Å². The van der Waals surface area contributed by atoms with Crippen molar-refractivity contribution in [1.82, 2.24) is 20.0 Å². The molecule has 2 heterocycles. The van der Waals surface area contributed by atoms with Crippen molar-refractivity contribution in [1.29, 1.82) is 0 Å². The van der Waals surface area contributed by atoms with E-state index in [1.165, 1.54) is 18.4 Å². The van der Waals surface area contributed by atoms with Gasteiger partial charge in [0.05, 0.1) is 12.7 Å². The lowest BCUT2D eigenvalue weighted by Gasteiger charge is -2.40. The maximum Gasteiger partial charge on any atom is 0.310 e. The summed E-state index contributed by atoms with van der Waals surface area (Å²) in [5.41, 5.74) is 1.63. The Kier molecular flexibility index (Phi) is 7.10. The van der Waals surface area contributed by atoms with Gasteiger partial charge in [-0.15, -0.1) is 5.10 Å². The van der Waals surface area contributed by atoms with Crippen LogP contribution in [0.5, 0.6) is 5.75 Å². The summed E-state index contributed by atoms with van der Waals surface area (Å²) < 4.78 is 88.8. The molecule has 0 spiro atoms. The molecule has 0 saturated carbocycles. The van der Waals surface area contributed by atoms with Crippen molar-refractivity contribution in [2.45, 2.75) is 23.8 Å². The Bertz CT molecular complexity index is 1350. The van der Waals surface area contributed by atoms with Crippen LogP contribution < -0.4 is 4.74 Å². The van der Waals surface area contributed by atoms with E-state index in [0.717, 1.165) is 17.7 Å². The predicted molar refractivity (Wildman–Crippen MR) is 131 cm³/mol. The van der Waals surface area contributed by atoms with Gasteiger partial charge in [-0.1, -0.05) is 48.9 Å². The minimum atomic E-state index is -9.70. The molecule has 0 aliphatic heterocycles. The van der Waals surface area contributed by atoms with Gasteiger partial charge in [-0.3, -0.25) is 0 Å². The molecule has 198 valence electrons. The number of ether oxygens (including phenoxy) is 1. The van der Waals surface area contributed by atoms with Crippen LogP contribution in [-0.4, -0.2) is 30.3 Å². The molecule has 0 bridgehead atoms. The molecule has 0 fully saturated rings. The predicted octanol–water partition coefficient (Wildman–Crippen LogP) is 6.62.